The van der Waals surface area contributed by atoms with Crippen LogP contribution in [0.3, 0.4) is 0 Å². The van der Waals surface area contributed by atoms with Gasteiger partial charge in [-0.1, -0.05) is 12.1 Å². The van der Waals surface area contributed by atoms with Crippen molar-refractivity contribution in [2.75, 3.05) is 11.1 Å². The first-order valence-corrected chi connectivity index (χ1v) is 8.60. The summed E-state index contributed by atoms with van der Waals surface area (Å²) in [6.07, 6.45) is 1.30. The third kappa shape index (κ3) is 2.70. The van der Waals surface area contributed by atoms with Gasteiger partial charge in [-0.05, 0) is 43.2 Å². The van der Waals surface area contributed by atoms with Crippen molar-refractivity contribution in [3.8, 4) is 5.75 Å². The van der Waals surface area contributed by atoms with Gasteiger partial charge < -0.3 is 21.5 Å². The van der Waals surface area contributed by atoms with Crippen LogP contribution in [0.2, 0.25) is 0 Å². The fourth-order valence-corrected chi connectivity index (χ4v) is 3.63. The van der Waals surface area contributed by atoms with Crippen molar-refractivity contribution in [2.45, 2.75) is 19.4 Å². The zero-order valence-corrected chi connectivity index (χ0v) is 15.2. The third-order valence-electron chi connectivity index (χ3n) is 4.94. The molecule has 1 aliphatic rings. The number of phenols is 1. The van der Waals surface area contributed by atoms with Crippen molar-refractivity contribution in [2.24, 2.45) is 0 Å². The second kappa shape index (κ2) is 6.19. The molecule has 5 N–H and O–H groups in total. The molecule has 0 spiro atoms. The van der Waals surface area contributed by atoms with Gasteiger partial charge in [0, 0.05) is 11.6 Å². The Hall–Kier alpha value is -3.68. The van der Waals surface area contributed by atoms with Gasteiger partial charge in [-0.25, -0.2) is 14.4 Å². The van der Waals surface area contributed by atoms with Crippen molar-refractivity contribution < 1.29 is 14.3 Å². The number of carbonyl (C=O) groups is 1. The van der Waals surface area contributed by atoms with E-state index in [9.17, 15) is 14.3 Å². The molecule has 4 rings (SSSR count). The fraction of sp³-hybridized carbons (Fsp3) is 0.150. The molecule has 0 aliphatic carbocycles. The molecule has 3 aromatic rings. The highest BCUT2D eigenvalue weighted by Gasteiger charge is 2.44. The smallest absolute Gasteiger partial charge is 0.253 e. The summed E-state index contributed by atoms with van der Waals surface area (Å²) in [7, 11) is 0. The van der Waals surface area contributed by atoms with E-state index in [1.165, 1.54) is 24.5 Å². The SMILES string of the molecule is Cc1cc(Nc2cc(N)ncn2)c(O)c2c1C(=O)NC2(C)c1cccc(F)c1. The normalized spacial score (nSPS) is 17.9. The van der Waals surface area contributed by atoms with Gasteiger partial charge in [-0.2, -0.15) is 0 Å². The van der Waals surface area contributed by atoms with Gasteiger partial charge in [0.05, 0.1) is 16.8 Å². The monoisotopic (exact) mass is 379 g/mol. The molecular weight excluding hydrogens is 361 g/mol. The predicted octanol–water partition coefficient (Wildman–Crippen LogP) is 2.96. The summed E-state index contributed by atoms with van der Waals surface area (Å²) in [5, 5.41) is 16.9. The van der Waals surface area contributed by atoms with Crippen molar-refractivity contribution in [3.63, 3.8) is 0 Å². The predicted molar refractivity (Wildman–Crippen MR) is 103 cm³/mol. The first-order valence-electron chi connectivity index (χ1n) is 8.60. The molecule has 0 radical (unpaired) electrons. The Morgan fingerprint density at radius 2 is 2.04 bits per heavy atom. The van der Waals surface area contributed by atoms with Gasteiger partial charge in [-0.15, -0.1) is 0 Å². The Morgan fingerprint density at radius 1 is 1.25 bits per heavy atom. The summed E-state index contributed by atoms with van der Waals surface area (Å²) in [5.74, 6) is -0.207. The molecule has 1 amide bonds. The second-order valence-electron chi connectivity index (χ2n) is 6.88. The van der Waals surface area contributed by atoms with E-state index in [-0.39, 0.29) is 17.5 Å². The van der Waals surface area contributed by atoms with Crippen LogP contribution in [0.15, 0.2) is 42.7 Å². The summed E-state index contributed by atoms with van der Waals surface area (Å²) < 4.78 is 13.8. The number of nitrogen functional groups attached to an aromatic ring is 1. The molecule has 0 saturated heterocycles. The molecule has 1 aliphatic heterocycles. The molecular formula is C20H18FN5O2. The maximum atomic E-state index is 13.8. The molecule has 0 bridgehead atoms. The number of halogens is 1. The lowest BCUT2D eigenvalue weighted by molar-refractivity contribution is 0.0944. The van der Waals surface area contributed by atoms with Crippen LogP contribution in [0.25, 0.3) is 0 Å². The minimum Gasteiger partial charge on any atom is -0.505 e. The van der Waals surface area contributed by atoms with Gasteiger partial charge in [0.25, 0.3) is 5.91 Å². The van der Waals surface area contributed by atoms with Gasteiger partial charge in [0.2, 0.25) is 0 Å². The number of fused-ring (bicyclic) bond motifs is 1. The van der Waals surface area contributed by atoms with E-state index in [1.54, 1.807) is 32.0 Å². The minimum absolute atomic E-state index is 0.122. The zero-order chi connectivity index (χ0) is 20.1. The summed E-state index contributed by atoms with van der Waals surface area (Å²) in [6.45, 7) is 3.51. The number of benzene rings is 2. The summed E-state index contributed by atoms with van der Waals surface area (Å²) in [6, 6.07) is 9.12. The largest absolute Gasteiger partial charge is 0.505 e. The standard InChI is InChI=1S/C20H18FN5O2/c1-10-6-13(25-15-8-14(22)23-9-24-15)18(27)17-16(10)19(28)26-20(17,2)11-4-3-5-12(21)7-11/h3-9,27H,1-2H3,(H,26,28)(H3,22,23,24,25). The number of aromatic nitrogens is 2. The Balaban J connectivity index is 1.89. The highest BCUT2D eigenvalue weighted by Crippen LogP contribution is 2.47. The molecule has 0 saturated carbocycles. The Kier molecular flexibility index (Phi) is 3.92. The lowest BCUT2D eigenvalue weighted by Crippen LogP contribution is -2.37. The van der Waals surface area contributed by atoms with E-state index >= 15 is 0 Å². The van der Waals surface area contributed by atoms with Crippen LogP contribution < -0.4 is 16.4 Å². The number of hydrogen-bond acceptors (Lipinski definition) is 6. The molecule has 142 valence electrons. The van der Waals surface area contributed by atoms with E-state index in [4.69, 9.17) is 5.73 Å². The number of nitrogens with two attached hydrogens (primary N) is 1. The number of carbonyl (C=O) groups excluding carboxylic acids is 1. The highest BCUT2D eigenvalue weighted by atomic mass is 19.1. The van der Waals surface area contributed by atoms with Gasteiger partial charge in [0.15, 0.2) is 0 Å². The molecule has 2 aromatic carbocycles. The first kappa shape index (κ1) is 17.7. The van der Waals surface area contributed by atoms with E-state index in [1.807, 2.05) is 0 Å². The number of nitrogens with zero attached hydrogens (tertiary/aromatic N) is 2. The van der Waals surface area contributed by atoms with E-state index in [0.29, 0.717) is 33.8 Å². The molecule has 1 unspecified atom stereocenters. The number of aryl methyl sites for hydroxylation is 1. The topological polar surface area (TPSA) is 113 Å². The van der Waals surface area contributed by atoms with Crippen molar-refractivity contribution in [1.29, 1.82) is 0 Å². The van der Waals surface area contributed by atoms with Gasteiger partial charge in [-0.3, -0.25) is 4.79 Å². The van der Waals surface area contributed by atoms with Crippen molar-refractivity contribution >= 4 is 23.2 Å². The average molecular weight is 379 g/mol. The number of rotatable bonds is 3. The summed E-state index contributed by atoms with van der Waals surface area (Å²) in [4.78, 5) is 20.6. The van der Waals surface area contributed by atoms with Crippen LogP contribution in [-0.4, -0.2) is 21.0 Å². The number of nitrogens with one attached hydrogen (secondary N) is 2. The molecule has 0 fully saturated rings. The van der Waals surface area contributed by atoms with Crippen LogP contribution >= 0.6 is 0 Å². The minimum atomic E-state index is -1.09. The van der Waals surface area contributed by atoms with E-state index in [2.05, 4.69) is 20.6 Å². The lowest BCUT2D eigenvalue weighted by Gasteiger charge is -2.28. The molecule has 8 heteroatoms. The maximum Gasteiger partial charge on any atom is 0.253 e. The van der Waals surface area contributed by atoms with Crippen LogP contribution in [-0.2, 0) is 5.54 Å². The molecule has 28 heavy (non-hydrogen) atoms. The number of hydrogen-bond donors (Lipinski definition) is 4. The molecule has 2 heterocycles. The zero-order valence-electron chi connectivity index (χ0n) is 15.2. The van der Waals surface area contributed by atoms with Crippen LogP contribution in [0.4, 0.5) is 21.7 Å². The Bertz CT molecular complexity index is 1120. The lowest BCUT2D eigenvalue weighted by atomic mass is 9.83. The van der Waals surface area contributed by atoms with Crippen molar-refractivity contribution in [3.05, 3.63) is 70.8 Å². The number of amides is 1. The van der Waals surface area contributed by atoms with Gasteiger partial charge in [0.1, 0.15) is 29.5 Å². The highest BCUT2D eigenvalue weighted by molar-refractivity contribution is 6.04. The second-order valence-corrected chi connectivity index (χ2v) is 6.88. The maximum absolute atomic E-state index is 13.8. The van der Waals surface area contributed by atoms with Gasteiger partial charge >= 0.3 is 0 Å². The number of anilines is 3. The van der Waals surface area contributed by atoms with E-state index < -0.39 is 11.4 Å². The molecule has 7 nitrogen and oxygen atoms in total. The summed E-state index contributed by atoms with van der Waals surface area (Å²) in [5.41, 5.74) is 6.88. The van der Waals surface area contributed by atoms with Crippen LogP contribution in [0.1, 0.15) is 34.0 Å². The quantitative estimate of drug-likeness (QED) is 0.521. The Morgan fingerprint density at radius 3 is 2.75 bits per heavy atom. The molecule has 1 atom stereocenters. The van der Waals surface area contributed by atoms with Crippen molar-refractivity contribution in [1.82, 2.24) is 15.3 Å². The number of phenolic OH excluding ortho intramolecular Hbond substituents is 1. The average Bonchev–Trinajstić information content (AvgIpc) is 2.92. The summed E-state index contributed by atoms with van der Waals surface area (Å²) >= 11 is 0. The van der Waals surface area contributed by atoms with Crippen LogP contribution in [0.5, 0.6) is 5.75 Å². The van der Waals surface area contributed by atoms with Crippen LogP contribution in [0, 0.1) is 12.7 Å². The third-order valence-corrected chi connectivity index (χ3v) is 4.94. The Labute approximate surface area is 160 Å². The van der Waals surface area contributed by atoms with E-state index in [0.717, 1.165) is 0 Å². The first-order chi connectivity index (χ1) is 13.3. The fourth-order valence-electron chi connectivity index (χ4n) is 3.63. The molecule has 1 aromatic heterocycles. The number of aromatic hydroxyl groups is 1.